The number of carbonyl (C=O) groups excluding carboxylic acids is 2. The van der Waals surface area contributed by atoms with Crippen LogP contribution in [0.4, 0.5) is 0 Å². The summed E-state index contributed by atoms with van der Waals surface area (Å²) in [5.74, 6) is -1.04. The zero-order chi connectivity index (χ0) is 21.3. The second-order valence-electron chi connectivity index (χ2n) is 7.78. The number of hydrogen-bond acceptors (Lipinski definition) is 5. The van der Waals surface area contributed by atoms with Crippen molar-refractivity contribution < 1.29 is 14.7 Å². The minimum Gasteiger partial charge on any atom is -0.494 e. The third kappa shape index (κ3) is 4.18. The fraction of sp³-hybridized carbons (Fsp3) is 0.500. The highest BCUT2D eigenvalue weighted by molar-refractivity contribution is 5.97. The van der Waals surface area contributed by atoms with Crippen LogP contribution in [-0.4, -0.2) is 55.6 Å². The molecule has 0 spiro atoms. The van der Waals surface area contributed by atoms with Crippen LogP contribution in [0, 0.1) is 5.92 Å². The smallest absolute Gasteiger partial charge is 0.291 e. The van der Waals surface area contributed by atoms with E-state index in [1.54, 1.807) is 18.0 Å². The summed E-state index contributed by atoms with van der Waals surface area (Å²) in [7, 11) is 1.69. The number of hydrogen-bond donors (Lipinski definition) is 2. The lowest BCUT2D eigenvalue weighted by Gasteiger charge is -2.17. The molecular formula is C20H27N5O4. The molecule has 2 amide bonds. The molecule has 1 aliphatic rings. The quantitative estimate of drug-likeness (QED) is 0.679. The number of nitrogens with zero attached hydrogens (tertiary/aromatic N) is 4. The van der Waals surface area contributed by atoms with Crippen LogP contribution in [-0.2, 0) is 11.3 Å². The van der Waals surface area contributed by atoms with E-state index >= 15 is 0 Å². The van der Waals surface area contributed by atoms with Gasteiger partial charge in [0.1, 0.15) is 5.65 Å². The minimum absolute atomic E-state index is 0.0493. The van der Waals surface area contributed by atoms with Gasteiger partial charge in [-0.05, 0) is 31.8 Å². The standard InChI is InChI=1S/C20H27N5O4/c1-5-23(4)15(26)9-6-13-10-21-25-18(13)24(11-12(2)3)19(28)16(20(25)29)17(27)22-14-7-8-14/h6,9-10,12,14,28H,5,7-8,11H2,1-4H3,(H,22,27)/b9-6+. The number of amides is 2. The monoisotopic (exact) mass is 401 g/mol. The van der Waals surface area contributed by atoms with Gasteiger partial charge < -0.3 is 15.3 Å². The van der Waals surface area contributed by atoms with Crippen molar-refractivity contribution in [2.45, 2.75) is 46.2 Å². The normalized spacial score (nSPS) is 14.1. The van der Waals surface area contributed by atoms with Gasteiger partial charge in [-0.25, -0.2) is 0 Å². The molecule has 1 saturated carbocycles. The summed E-state index contributed by atoms with van der Waals surface area (Å²) in [6.07, 6.45) is 6.15. The van der Waals surface area contributed by atoms with Crippen molar-refractivity contribution >= 4 is 23.5 Å². The highest BCUT2D eigenvalue weighted by Crippen LogP contribution is 2.24. The van der Waals surface area contributed by atoms with Crippen molar-refractivity contribution in [1.82, 2.24) is 24.4 Å². The Bertz CT molecular complexity index is 1030. The number of aromatic nitrogens is 3. The lowest BCUT2D eigenvalue weighted by Crippen LogP contribution is -2.34. The maximum atomic E-state index is 12.9. The maximum Gasteiger partial charge on any atom is 0.291 e. The summed E-state index contributed by atoms with van der Waals surface area (Å²) in [5.41, 5.74) is -0.157. The number of rotatable bonds is 7. The first kappa shape index (κ1) is 20.6. The van der Waals surface area contributed by atoms with Crippen LogP contribution in [0.25, 0.3) is 11.7 Å². The molecule has 156 valence electrons. The van der Waals surface area contributed by atoms with Gasteiger partial charge >= 0.3 is 0 Å². The van der Waals surface area contributed by atoms with E-state index in [4.69, 9.17) is 0 Å². The van der Waals surface area contributed by atoms with Crippen molar-refractivity contribution in [3.63, 3.8) is 0 Å². The number of nitrogens with one attached hydrogen (secondary N) is 1. The molecule has 9 nitrogen and oxygen atoms in total. The van der Waals surface area contributed by atoms with Gasteiger partial charge in [-0.3, -0.25) is 19.0 Å². The van der Waals surface area contributed by atoms with Gasteiger partial charge in [0.2, 0.25) is 11.8 Å². The number of likely N-dealkylation sites (N-methyl/N-ethyl adjacent to an activating group) is 1. The van der Waals surface area contributed by atoms with Crippen LogP contribution < -0.4 is 10.9 Å². The Morgan fingerprint density at radius 3 is 2.69 bits per heavy atom. The largest absolute Gasteiger partial charge is 0.494 e. The molecule has 0 bridgehead atoms. The fourth-order valence-electron chi connectivity index (χ4n) is 2.99. The maximum absolute atomic E-state index is 12.9. The highest BCUT2D eigenvalue weighted by Gasteiger charge is 2.29. The molecule has 0 saturated heterocycles. The SMILES string of the molecule is CCN(C)C(=O)/C=C/c1cnn2c(=O)c(C(=O)NC3CC3)c(O)n(CC(C)C)c12. The molecule has 0 unspecified atom stereocenters. The van der Waals surface area contributed by atoms with Crippen LogP contribution >= 0.6 is 0 Å². The molecular weight excluding hydrogens is 374 g/mol. The average Bonchev–Trinajstić information content (AvgIpc) is 3.38. The first-order chi connectivity index (χ1) is 13.7. The Morgan fingerprint density at radius 1 is 1.41 bits per heavy atom. The van der Waals surface area contributed by atoms with Crippen LogP contribution in [0.15, 0.2) is 17.1 Å². The zero-order valence-electron chi connectivity index (χ0n) is 17.2. The predicted octanol–water partition coefficient (Wildman–Crippen LogP) is 1.24. The molecule has 0 radical (unpaired) electrons. The van der Waals surface area contributed by atoms with E-state index in [0.717, 1.165) is 17.4 Å². The van der Waals surface area contributed by atoms with Gasteiger partial charge in [-0.2, -0.15) is 9.61 Å². The Labute approximate surface area is 168 Å². The molecule has 9 heteroatoms. The third-order valence-corrected chi connectivity index (χ3v) is 4.86. The molecule has 1 fully saturated rings. The van der Waals surface area contributed by atoms with Gasteiger partial charge in [0.25, 0.3) is 11.5 Å². The van der Waals surface area contributed by atoms with Crippen LogP contribution in [0.3, 0.4) is 0 Å². The molecule has 3 rings (SSSR count). The van der Waals surface area contributed by atoms with Crippen molar-refractivity contribution in [2.24, 2.45) is 5.92 Å². The van der Waals surface area contributed by atoms with E-state index in [1.807, 2.05) is 20.8 Å². The highest BCUT2D eigenvalue weighted by atomic mass is 16.3. The van der Waals surface area contributed by atoms with Crippen LogP contribution in [0.1, 0.15) is 49.5 Å². The van der Waals surface area contributed by atoms with Crippen LogP contribution in [0.5, 0.6) is 5.88 Å². The topological polar surface area (TPSA) is 109 Å². The van der Waals surface area contributed by atoms with E-state index in [0.29, 0.717) is 24.3 Å². The summed E-state index contributed by atoms with van der Waals surface area (Å²) in [6, 6.07) is 0.0493. The van der Waals surface area contributed by atoms with E-state index in [2.05, 4.69) is 10.4 Å². The van der Waals surface area contributed by atoms with E-state index in [9.17, 15) is 19.5 Å². The van der Waals surface area contributed by atoms with Crippen molar-refractivity contribution in [2.75, 3.05) is 13.6 Å². The lowest BCUT2D eigenvalue weighted by molar-refractivity contribution is -0.124. The van der Waals surface area contributed by atoms with E-state index in [1.165, 1.54) is 16.8 Å². The summed E-state index contributed by atoms with van der Waals surface area (Å²) in [6.45, 7) is 6.73. The lowest BCUT2D eigenvalue weighted by atomic mass is 10.2. The number of carbonyl (C=O) groups is 2. The summed E-state index contributed by atoms with van der Waals surface area (Å²) in [4.78, 5) is 39.1. The average molecular weight is 401 g/mol. The molecule has 1 aliphatic carbocycles. The molecule has 29 heavy (non-hydrogen) atoms. The summed E-state index contributed by atoms with van der Waals surface area (Å²) < 4.78 is 2.62. The molecule has 2 aromatic rings. The van der Waals surface area contributed by atoms with Gasteiger partial charge in [0.05, 0.1) is 6.20 Å². The minimum atomic E-state index is -0.688. The molecule has 0 atom stereocenters. The number of aromatic hydroxyl groups is 1. The third-order valence-electron chi connectivity index (χ3n) is 4.86. The van der Waals surface area contributed by atoms with E-state index in [-0.39, 0.29) is 29.3 Å². The first-order valence-electron chi connectivity index (χ1n) is 9.82. The van der Waals surface area contributed by atoms with Gasteiger partial charge in [-0.15, -0.1) is 0 Å². The van der Waals surface area contributed by atoms with Crippen LogP contribution in [0.2, 0.25) is 0 Å². The molecule has 2 N–H and O–H groups in total. The Balaban J connectivity index is 2.14. The summed E-state index contributed by atoms with van der Waals surface area (Å²) >= 11 is 0. The predicted molar refractivity (Wildman–Crippen MR) is 109 cm³/mol. The van der Waals surface area contributed by atoms with Gasteiger partial charge in [0.15, 0.2) is 5.56 Å². The Hall–Kier alpha value is -3.10. The van der Waals surface area contributed by atoms with E-state index < -0.39 is 11.5 Å². The zero-order valence-corrected chi connectivity index (χ0v) is 17.2. The van der Waals surface area contributed by atoms with Crippen molar-refractivity contribution in [1.29, 1.82) is 0 Å². The van der Waals surface area contributed by atoms with Crippen molar-refractivity contribution in [3.8, 4) is 5.88 Å². The Kier molecular flexibility index (Phi) is 5.76. The molecule has 2 aromatic heterocycles. The molecule has 0 aliphatic heterocycles. The van der Waals surface area contributed by atoms with Gasteiger partial charge in [0, 0.05) is 37.8 Å². The second kappa shape index (κ2) is 8.10. The Morgan fingerprint density at radius 2 is 2.10 bits per heavy atom. The van der Waals surface area contributed by atoms with Gasteiger partial charge in [-0.1, -0.05) is 13.8 Å². The molecule has 0 aromatic carbocycles. The van der Waals surface area contributed by atoms with Crippen molar-refractivity contribution in [3.05, 3.63) is 33.8 Å². The first-order valence-corrected chi connectivity index (χ1v) is 9.82. The fourth-order valence-corrected chi connectivity index (χ4v) is 2.99. The number of fused-ring (bicyclic) bond motifs is 1. The second-order valence-corrected chi connectivity index (χ2v) is 7.78. The summed E-state index contributed by atoms with van der Waals surface area (Å²) in [5, 5.41) is 17.7. The molecule has 2 heterocycles.